The van der Waals surface area contributed by atoms with Gasteiger partial charge in [-0.05, 0) is 31.6 Å². The summed E-state index contributed by atoms with van der Waals surface area (Å²) >= 11 is 0. The molecule has 17 heavy (non-hydrogen) atoms. The first-order valence-corrected chi connectivity index (χ1v) is 7.07. The van der Waals surface area contributed by atoms with Crippen molar-refractivity contribution >= 4 is 5.96 Å². The molecule has 0 spiro atoms. The number of hydrazine groups is 1. The second-order valence-corrected chi connectivity index (χ2v) is 4.90. The Morgan fingerprint density at radius 2 is 2.18 bits per heavy atom. The summed E-state index contributed by atoms with van der Waals surface area (Å²) in [7, 11) is 0. The number of guanidine groups is 1. The van der Waals surface area contributed by atoms with E-state index in [2.05, 4.69) is 29.2 Å². The van der Waals surface area contributed by atoms with Crippen molar-refractivity contribution in [2.24, 2.45) is 16.8 Å². The molecule has 1 fully saturated rings. The van der Waals surface area contributed by atoms with E-state index in [0.29, 0.717) is 0 Å². The lowest BCUT2D eigenvalue weighted by atomic mass is 9.98. The Morgan fingerprint density at radius 3 is 2.82 bits per heavy atom. The van der Waals surface area contributed by atoms with Gasteiger partial charge in [-0.25, -0.2) is 5.84 Å². The summed E-state index contributed by atoms with van der Waals surface area (Å²) in [6.07, 6.45) is 7.49. The van der Waals surface area contributed by atoms with E-state index >= 15 is 0 Å². The summed E-state index contributed by atoms with van der Waals surface area (Å²) in [6.45, 7) is 7.53. The molecule has 1 atom stereocenters. The van der Waals surface area contributed by atoms with Gasteiger partial charge in [0, 0.05) is 19.6 Å². The van der Waals surface area contributed by atoms with E-state index < -0.39 is 0 Å². The van der Waals surface area contributed by atoms with Crippen LogP contribution in [-0.4, -0.2) is 30.5 Å². The molecule has 0 aromatic heterocycles. The summed E-state index contributed by atoms with van der Waals surface area (Å²) in [6, 6.07) is 0. The average Bonchev–Trinajstić information content (AvgIpc) is 2.60. The number of rotatable bonds is 4. The van der Waals surface area contributed by atoms with E-state index in [1.807, 2.05) is 0 Å². The molecule has 4 heteroatoms. The second-order valence-electron chi connectivity index (χ2n) is 4.90. The predicted octanol–water partition coefficient (Wildman–Crippen LogP) is 2.12. The molecule has 1 rings (SSSR count). The van der Waals surface area contributed by atoms with Crippen molar-refractivity contribution < 1.29 is 0 Å². The fourth-order valence-corrected chi connectivity index (χ4v) is 2.37. The molecule has 0 amide bonds. The minimum Gasteiger partial charge on any atom is -0.342 e. The zero-order chi connectivity index (χ0) is 12.5. The molecule has 3 N–H and O–H groups in total. The first kappa shape index (κ1) is 14.3. The minimum absolute atomic E-state index is 0.879. The van der Waals surface area contributed by atoms with Gasteiger partial charge in [0.2, 0.25) is 5.96 Å². The van der Waals surface area contributed by atoms with E-state index in [-0.39, 0.29) is 0 Å². The number of nitrogens with zero attached hydrogens (tertiary/aromatic N) is 2. The lowest BCUT2D eigenvalue weighted by Gasteiger charge is -2.23. The van der Waals surface area contributed by atoms with Crippen LogP contribution in [0.15, 0.2) is 4.99 Å². The molecule has 0 aromatic carbocycles. The summed E-state index contributed by atoms with van der Waals surface area (Å²) in [5.41, 5.74) is 2.77. The van der Waals surface area contributed by atoms with E-state index in [0.717, 1.165) is 37.9 Å². The van der Waals surface area contributed by atoms with Crippen LogP contribution < -0.4 is 11.3 Å². The van der Waals surface area contributed by atoms with Crippen molar-refractivity contribution in [1.29, 1.82) is 0 Å². The molecule has 0 aromatic rings. The Kier molecular flexibility index (Phi) is 7.01. The first-order chi connectivity index (χ1) is 8.31. The zero-order valence-electron chi connectivity index (χ0n) is 11.4. The van der Waals surface area contributed by atoms with Crippen LogP contribution in [0, 0.1) is 5.92 Å². The van der Waals surface area contributed by atoms with Gasteiger partial charge >= 0.3 is 0 Å². The SMILES string of the molecule is CCCCN=C(NN)N1CCCC(CC)CC1. The molecule has 1 aliphatic heterocycles. The normalized spacial score (nSPS) is 22.4. The molecule has 1 saturated heterocycles. The van der Waals surface area contributed by atoms with Crippen molar-refractivity contribution in [2.75, 3.05) is 19.6 Å². The molecule has 1 unspecified atom stereocenters. The highest BCUT2D eigenvalue weighted by molar-refractivity contribution is 5.79. The lowest BCUT2D eigenvalue weighted by Crippen LogP contribution is -2.45. The van der Waals surface area contributed by atoms with Crippen LogP contribution in [0.1, 0.15) is 52.4 Å². The summed E-state index contributed by atoms with van der Waals surface area (Å²) < 4.78 is 0. The third kappa shape index (κ3) is 4.94. The number of nitrogens with two attached hydrogens (primary N) is 1. The molecular formula is C13H28N4. The van der Waals surface area contributed by atoms with Crippen LogP contribution in [0.4, 0.5) is 0 Å². The molecular weight excluding hydrogens is 212 g/mol. The van der Waals surface area contributed by atoms with E-state index in [9.17, 15) is 0 Å². The highest BCUT2D eigenvalue weighted by Crippen LogP contribution is 2.20. The maximum atomic E-state index is 5.58. The molecule has 1 heterocycles. The van der Waals surface area contributed by atoms with Gasteiger partial charge in [-0.15, -0.1) is 0 Å². The van der Waals surface area contributed by atoms with Gasteiger partial charge in [0.1, 0.15) is 0 Å². The van der Waals surface area contributed by atoms with Gasteiger partial charge in [-0.3, -0.25) is 10.4 Å². The Labute approximate surface area is 106 Å². The van der Waals surface area contributed by atoms with Crippen molar-refractivity contribution in [3.05, 3.63) is 0 Å². The lowest BCUT2D eigenvalue weighted by molar-refractivity contribution is 0.399. The predicted molar refractivity (Wildman–Crippen MR) is 73.7 cm³/mol. The van der Waals surface area contributed by atoms with Crippen molar-refractivity contribution in [2.45, 2.75) is 52.4 Å². The maximum Gasteiger partial charge on any atom is 0.208 e. The van der Waals surface area contributed by atoms with Crippen LogP contribution in [0.2, 0.25) is 0 Å². The van der Waals surface area contributed by atoms with Crippen molar-refractivity contribution in [3.8, 4) is 0 Å². The van der Waals surface area contributed by atoms with Crippen LogP contribution in [-0.2, 0) is 0 Å². The smallest absolute Gasteiger partial charge is 0.208 e. The van der Waals surface area contributed by atoms with Gasteiger partial charge in [0.15, 0.2) is 0 Å². The Hall–Kier alpha value is -0.770. The average molecular weight is 240 g/mol. The molecule has 0 radical (unpaired) electrons. The molecule has 0 aliphatic carbocycles. The van der Waals surface area contributed by atoms with Gasteiger partial charge in [-0.1, -0.05) is 26.7 Å². The Balaban J connectivity index is 2.47. The minimum atomic E-state index is 0.879. The topological polar surface area (TPSA) is 53.6 Å². The van der Waals surface area contributed by atoms with E-state index in [4.69, 9.17) is 5.84 Å². The Bertz CT molecular complexity index is 227. The second kappa shape index (κ2) is 8.34. The molecule has 1 aliphatic rings. The number of likely N-dealkylation sites (tertiary alicyclic amines) is 1. The number of hydrogen-bond donors (Lipinski definition) is 2. The van der Waals surface area contributed by atoms with Crippen LogP contribution in [0.5, 0.6) is 0 Å². The van der Waals surface area contributed by atoms with Gasteiger partial charge in [0.05, 0.1) is 0 Å². The fourth-order valence-electron chi connectivity index (χ4n) is 2.37. The van der Waals surface area contributed by atoms with Crippen LogP contribution >= 0.6 is 0 Å². The highest BCUT2D eigenvalue weighted by Gasteiger charge is 2.17. The largest absolute Gasteiger partial charge is 0.342 e. The van der Waals surface area contributed by atoms with E-state index in [1.54, 1.807) is 0 Å². The molecule has 4 nitrogen and oxygen atoms in total. The van der Waals surface area contributed by atoms with Crippen LogP contribution in [0.3, 0.4) is 0 Å². The molecule has 100 valence electrons. The van der Waals surface area contributed by atoms with Crippen LogP contribution in [0.25, 0.3) is 0 Å². The number of nitrogens with one attached hydrogen (secondary N) is 1. The summed E-state index contributed by atoms with van der Waals surface area (Å²) in [5.74, 6) is 7.35. The summed E-state index contributed by atoms with van der Waals surface area (Å²) in [4.78, 5) is 6.87. The Morgan fingerprint density at radius 1 is 1.35 bits per heavy atom. The third-order valence-corrected chi connectivity index (χ3v) is 3.63. The van der Waals surface area contributed by atoms with Gasteiger partial charge < -0.3 is 4.90 Å². The number of aliphatic imine (C=N–C) groups is 1. The number of hydrogen-bond acceptors (Lipinski definition) is 2. The van der Waals surface area contributed by atoms with E-state index in [1.165, 1.54) is 32.1 Å². The summed E-state index contributed by atoms with van der Waals surface area (Å²) in [5, 5.41) is 0. The standard InChI is InChI=1S/C13H28N4/c1-3-5-9-15-13(16-14)17-10-6-7-12(4-2)8-11-17/h12H,3-11,14H2,1-2H3,(H,15,16). The molecule has 0 bridgehead atoms. The van der Waals surface area contributed by atoms with Gasteiger partial charge in [-0.2, -0.15) is 0 Å². The monoisotopic (exact) mass is 240 g/mol. The maximum absolute atomic E-state index is 5.58. The highest BCUT2D eigenvalue weighted by atomic mass is 15.4. The first-order valence-electron chi connectivity index (χ1n) is 7.07. The van der Waals surface area contributed by atoms with Crippen molar-refractivity contribution in [3.63, 3.8) is 0 Å². The zero-order valence-corrected chi connectivity index (χ0v) is 11.4. The van der Waals surface area contributed by atoms with Gasteiger partial charge in [0.25, 0.3) is 0 Å². The molecule has 0 saturated carbocycles. The fraction of sp³-hybridized carbons (Fsp3) is 0.923. The number of unbranched alkanes of at least 4 members (excludes halogenated alkanes) is 1. The quantitative estimate of drug-likeness (QED) is 0.260. The third-order valence-electron chi connectivity index (χ3n) is 3.63. The van der Waals surface area contributed by atoms with Crippen molar-refractivity contribution in [1.82, 2.24) is 10.3 Å².